The molecule has 11 rings (SSSR count). The third-order valence-corrected chi connectivity index (χ3v) is 11.7. The average Bonchev–Trinajstić information content (AvgIpc) is 3.88. The third-order valence-electron chi connectivity index (χ3n) is 10.5. The van der Waals surface area contributed by atoms with Crippen LogP contribution in [0.2, 0.25) is 0 Å². The maximum absolute atomic E-state index is 6.78. The number of nitrogens with one attached hydrogen (secondary N) is 2. The predicted molar refractivity (Wildman–Crippen MR) is 210 cm³/mol. The van der Waals surface area contributed by atoms with E-state index in [1.165, 1.54) is 25.7 Å². The topological polar surface area (TPSA) is 62.7 Å². The van der Waals surface area contributed by atoms with Crippen LogP contribution in [0.25, 0.3) is 70.3 Å². The molecule has 6 aromatic carbocycles. The lowest BCUT2D eigenvalue weighted by Crippen LogP contribution is -2.54. The molecule has 3 unspecified atom stereocenters. The molecule has 0 radical (unpaired) electrons. The minimum atomic E-state index is -0.243. The minimum absolute atomic E-state index is 0.0460. The van der Waals surface area contributed by atoms with Gasteiger partial charge in [-0.3, -0.25) is 5.32 Å². The van der Waals surface area contributed by atoms with Crippen LogP contribution in [-0.2, 0) is 0 Å². The summed E-state index contributed by atoms with van der Waals surface area (Å²) in [6.45, 7) is 0. The first kappa shape index (κ1) is 28.8. The number of fused-ring (bicyclic) bond motifs is 9. The van der Waals surface area contributed by atoms with Crippen molar-refractivity contribution in [1.29, 1.82) is 0 Å². The molecule has 0 bridgehead atoms. The fourth-order valence-electron chi connectivity index (χ4n) is 8.12. The first-order valence-electron chi connectivity index (χ1n) is 17.5. The molecule has 6 heteroatoms. The molecule has 244 valence electrons. The summed E-state index contributed by atoms with van der Waals surface area (Å²) in [6, 6.07) is 47.0. The molecule has 2 N–H and O–H groups in total. The highest BCUT2D eigenvalue weighted by molar-refractivity contribution is 7.25. The molecule has 1 aliphatic carbocycles. The Hall–Kier alpha value is -5.95. The molecule has 0 amide bonds. The van der Waals surface area contributed by atoms with E-state index in [1.54, 1.807) is 0 Å². The van der Waals surface area contributed by atoms with E-state index in [-0.39, 0.29) is 18.2 Å². The van der Waals surface area contributed by atoms with Crippen LogP contribution in [0.1, 0.15) is 41.0 Å². The van der Waals surface area contributed by atoms with Crippen molar-refractivity contribution in [2.24, 2.45) is 4.99 Å². The zero-order chi connectivity index (χ0) is 33.5. The molecule has 1 aliphatic heterocycles. The molecule has 4 heterocycles. The molecule has 0 spiro atoms. The van der Waals surface area contributed by atoms with Gasteiger partial charge in [-0.25, -0.2) is 4.99 Å². The van der Waals surface area contributed by atoms with Crippen molar-refractivity contribution in [2.75, 3.05) is 0 Å². The van der Waals surface area contributed by atoms with Crippen LogP contribution in [0.5, 0.6) is 0 Å². The lowest BCUT2D eigenvalue weighted by Gasteiger charge is -2.36. The minimum Gasteiger partial charge on any atom is -0.460 e. The Morgan fingerprint density at radius 1 is 0.608 bits per heavy atom. The first-order chi connectivity index (χ1) is 25.2. The van der Waals surface area contributed by atoms with Crippen LogP contribution in [0.3, 0.4) is 0 Å². The fraction of sp³-hybridized carbons (Fsp3) is 0.0889. The van der Waals surface area contributed by atoms with Crippen molar-refractivity contribution in [3.8, 4) is 11.1 Å². The number of benzene rings is 6. The summed E-state index contributed by atoms with van der Waals surface area (Å²) in [4.78, 5) is 5.33. The summed E-state index contributed by atoms with van der Waals surface area (Å²) in [7, 11) is 0. The largest absolute Gasteiger partial charge is 0.460 e. The number of hydrogen-bond acceptors (Lipinski definition) is 6. The first-order valence-corrected chi connectivity index (χ1v) is 18.3. The van der Waals surface area contributed by atoms with E-state index in [9.17, 15) is 0 Å². The maximum atomic E-state index is 6.78. The highest BCUT2D eigenvalue weighted by atomic mass is 32.1. The third kappa shape index (κ3) is 4.61. The van der Waals surface area contributed by atoms with Gasteiger partial charge in [0.15, 0.2) is 0 Å². The highest BCUT2D eigenvalue weighted by Gasteiger charge is 2.36. The number of aliphatic imine (C=N–C) groups is 1. The van der Waals surface area contributed by atoms with Gasteiger partial charge in [0.05, 0.1) is 12.1 Å². The Morgan fingerprint density at radius 3 is 2.22 bits per heavy atom. The van der Waals surface area contributed by atoms with Crippen LogP contribution in [0.15, 0.2) is 153 Å². The van der Waals surface area contributed by atoms with Gasteiger partial charge < -0.3 is 14.2 Å². The lowest BCUT2D eigenvalue weighted by atomic mass is 9.88. The molecular formula is C45H31N3O2S. The van der Waals surface area contributed by atoms with Gasteiger partial charge in [-0.05, 0) is 60.0 Å². The van der Waals surface area contributed by atoms with Gasteiger partial charge in [-0.15, -0.1) is 11.3 Å². The highest BCUT2D eigenvalue weighted by Crippen LogP contribution is 2.43. The van der Waals surface area contributed by atoms with E-state index in [2.05, 4.69) is 144 Å². The Balaban J connectivity index is 1.00. The second-order valence-corrected chi connectivity index (χ2v) is 14.6. The molecule has 9 aromatic rings. The zero-order valence-electron chi connectivity index (χ0n) is 27.5. The quantitative estimate of drug-likeness (QED) is 0.195. The maximum Gasteiger partial charge on any atom is 0.135 e. The van der Waals surface area contributed by atoms with Crippen molar-refractivity contribution in [1.82, 2.24) is 10.6 Å². The summed E-state index contributed by atoms with van der Waals surface area (Å²) in [5, 5.41) is 13.7. The number of furan rings is 2. The van der Waals surface area contributed by atoms with Gasteiger partial charge in [0, 0.05) is 53.0 Å². The lowest BCUT2D eigenvalue weighted by molar-refractivity contribution is 0.318. The van der Waals surface area contributed by atoms with Crippen molar-refractivity contribution in [3.63, 3.8) is 0 Å². The second-order valence-electron chi connectivity index (χ2n) is 13.5. The van der Waals surface area contributed by atoms with E-state index in [0.717, 1.165) is 73.2 Å². The summed E-state index contributed by atoms with van der Waals surface area (Å²) < 4.78 is 15.5. The molecule has 0 saturated carbocycles. The van der Waals surface area contributed by atoms with E-state index >= 15 is 0 Å². The van der Waals surface area contributed by atoms with E-state index in [1.807, 2.05) is 23.5 Å². The van der Waals surface area contributed by atoms with Crippen molar-refractivity contribution in [3.05, 3.63) is 162 Å². The number of allylic oxidation sites excluding steroid dienone is 1. The van der Waals surface area contributed by atoms with Gasteiger partial charge in [0.25, 0.3) is 0 Å². The zero-order valence-corrected chi connectivity index (χ0v) is 28.3. The molecular weight excluding hydrogens is 647 g/mol. The van der Waals surface area contributed by atoms with E-state index < -0.39 is 0 Å². The number of thiophene rings is 1. The molecule has 0 saturated heterocycles. The van der Waals surface area contributed by atoms with Gasteiger partial charge in [0.1, 0.15) is 34.5 Å². The van der Waals surface area contributed by atoms with Crippen molar-refractivity contribution < 1.29 is 8.83 Å². The summed E-state index contributed by atoms with van der Waals surface area (Å²) in [5.41, 5.74) is 8.42. The summed E-state index contributed by atoms with van der Waals surface area (Å²) in [5.74, 6) is 1.93. The molecule has 0 fully saturated rings. The standard InChI is InChI=1S/C45H31N3O2S/c1-2-10-26(11-3-1)43-46-44(32-15-9-19-40-41(32)31-13-5-7-18-39(31)51-40)48-45(47-43)33-16-8-14-30-35-25-28(21-23-38(35)50-42(30)33)27-20-22-37-34(24-27)29-12-4-6-17-36(29)49-37/h1-15,17-25,33,44-45,48H,16H2,(H,46,47). The molecule has 5 nitrogen and oxygen atoms in total. The molecule has 3 aromatic heterocycles. The number of para-hydroxylation sites is 1. The van der Waals surface area contributed by atoms with Gasteiger partial charge in [0.2, 0.25) is 0 Å². The van der Waals surface area contributed by atoms with Gasteiger partial charge >= 0.3 is 0 Å². The molecule has 51 heavy (non-hydrogen) atoms. The molecule has 2 aliphatic rings. The van der Waals surface area contributed by atoms with Crippen molar-refractivity contribution in [2.45, 2.75) is 24.7 Å². The number of nitrogens with zero attached hydrogens (tertiary/aromatic N) is 1. The Labute approximate surface area is 297 Å². The van der Waals surface area contributed by atoms with Crippen LogP contribution < -0.4 is 10.6 Å². The monoisotopic (exact) mass is 677 g/mol. The van der Waals surface area contributed by atoms with Gasteiger partial charge in [-0.1, -0.05) is 103 Å². The van der Waals surface area contributed by atoms with Crippen LogP contribution in [-0.4, -0.2) is 12.0 Å². The van der Waals surface area contributed by atoms with E-state index in [0.29, 0.717) is 0 Å². The average molecular weight is 678 g/mol. The van der Waals surface area contributed by atoms with Crippen LogP contribution in [0.4, 0.5) is 0 Å². The second kappa shape index (κ2) is 11.3. The normalized spacial score (nSPS) is 18.8. The molecule has 3 atom stereocenters. The smallest absolute Gasteiger partial charge is 0.135 e. The van der Waals surface area contributed by atoms with Crippen LogP contribution >= 0.6 is 11.3 Å². The predicted octanol–water partition coefficient (Wildman–Crippen LogP) is 11.5. The Kier molecular flexibility index (Phi) is 6.38. The number of hydrogen-bond donors (Lipinski definition) is 2. The van der Waals surface area contributed by atoms with E-state index in [4.69, 9.17) is 13.8 Å². The SMILES string of the molecule is C1=Cc2c(oc3ccc(-c4ccc5oc6ccccc6c5c4)cc23)C(C2NC(c3ccccc3)=NC(c3cccc4sc5ccccc5c34)N2)C1. The van der Waals surface area contributed by atoms with Crippen molar-refractivity contribution >= 4 is 76.3 Å². The summed E-state index contributed by atoms with van der Waals surface area (Å²) in [6.07, 6.45) is 5.00. The number of amidine groups is 1. The van der Waals surface area contributed by atoms with Crippen LogP contribution in [0, 0.1) is 0 Å². The summed E-state index contributed by atoms with van der Waals surface area (Å²) >= 11 is 1.84. The Bertz CT molecular complexity index is 2880. The van der Waals surface area contributed by atoms with Gasteiger partial charge in [-0.2, -0.15) is 0 Å². The Morgan fingerprint density at radius 2 is 1.33 bits per heavy atom. The number of rotatable bonds is 4. The fourth-order valence-corrected chi connectivity index (χ4v) is 9.26.